The lowest BCUT2D eigenvalue weighted by molar-refractivity contribution is -0.130. The predicted octanol–water partition coefficient (Wildman–Crippen LogP) is 3.80. The van der Waals surface area contributed by atoms with Gasteiger partial charge in [-0.3, -0.25) is 4.79 Å². The van der Waals surface area contributed by atoms with Crippen molar-refractivity contribution in [2.75, 3.05) is 14.2 Å². The van der Waals surface area contributed by atoms with Crippen LogP contribution in [0.3, 0.4) is 0 Å². The zero-order valence-electron chi connectivity index (χ0n) is 14.4. The lowest BCUT2D eigenvalue weighted by atomic mass is 9.84. The molecule has 1 aliphatic carbocycles. The van der Waals surface area contributed by atoms with E-state index in [0.717, 1.165) is 12.0 Å². The molecule has 2 atom stereocenters. The molecule has 0 N–H and O–H groups in total. The van der Waals surface area contributed by atoms with Crippen LogP contribution in [0.25, 0.3) is 0 Å². The first-order valence-corrected chi connectivity index (χ1v) is 8.24. The number of hydrogen-bond donors (Lipinski definition) is 0. The number of methoxy groups -OCH3 is 2. The molecule has 1 amide bonds. The SMILES string of the molecule is C=CC(=O)N(Cc1ccc(OC)c(OC)c1)[C@@H]1CCCC[C@@H]1C. The molecule has 0 bridgehead atoms. The van der Waals surface area contributed by atoms with Crippen LogP contribution in [0, 0.1) is 5.92 Å². The van der Waals surface area contributed by atoms with E-state index in [9.17, 15) is 4.79 Å². The van der Waals surface area contributed by atoms with Gasteiger partial charge in [0.1, 0.15) is 0 Å². The highest BCUT2D eigenvalue weighted by Gasteiger charge is 2.29. The Kier molecular flexibility index (Phi) is 6.08. The van der Waals surface area contributed by atoms with Crippen LogP contribution in [0.2, 0.25) is 0 Å². The molecule has 0 aromatic heterocycles. The van der Waals surface area contributed by atoms with Crippen LogP contribution in [-0.2, 0) is 11.3 Å². The van der Waals surface area contributed by atoms with Crippen LogP contribution in [0.4, 0.5) is 0 Å². The summed E-state index contributed by atoms with van der Waals surface area (Å²) in [5.41, 5.74) is 1.04. The molecule has 1 fully saturated rings. The fourth-order valence-corrected chi connectivity index (χ4v) is 3.41. The van der Waals surface area contributed by atoms with Crippen molar-refractivity contribution in [1.29, 1.82) is 0 Å². The molecule has 1 aliphatic rings. The third kappa shape index (κ3) is 4.06. The quantitative estimate of drug-likeness (QED) is 0.749. The van der Waals surface area contributed by atoms with Crippen molar-refractivity contribution >= 4 is 5.91 Å². The summed E-state index contributed by atoms with van der Waals surface area (Å²) in [4.78, 5) is 14.3. The van der Waals surface area contributed by atoms with Gasteiger partial charge in [-0.2, -0.15) is 0 Å². The molecule has 1 saturated carbocycles. The number of rotatable bonds is 6. The smallest absolute Gasteiger partial charge is 0.246 e. The van der Waals surface area contributed by atoms with E-state index in [0.29, 0.717) is 24.0 Å². The second-order valence-electron chi connectivity index (χ2n) is 6.19. The number of carbonyl (C=O) groups excluding carboxylic acids is 1. The van der Waals surface area contributed by atoms with Crippen LogP contribution in [0.5, 0.6) is 11.5 Å². The van der Waals surface area contributed by atoms with Gasteiger partial charge in [0.2, 0.25) is 5.91 Å². The average molecular weight is 317 g/mol. The number of hydrogen-bond acceptors (Lipinski definition) is 3. The summed E-state index contributed by atoms with van der Waals surface area (Å²) in [6.45, 7) is 6.48. The fraction of sp³-hybridized carbons (Fsp3) is 0.526. The summed E-state index contributed by atoms with van der Waals surface area (Å²) < 4.78 is 10.6. The Morgan fingerprint density at radius 1 is 1.26 bits per heavy atom. The first kappa shape index (κ1) is 17.4. The summed E-state index contributed by atoms with van der Waals surface area (Å²) in [6, 6.07) is 6.09. The minimum Gasteiger partial charge on any atom is -0.493 e. The minimum atomic E-state index is -0.00136. The molecule has 126 valence electrons. The number of benzene rings is 1. The van der Waals surface area contributed by atoms with Crippen molar-refractivity contribution < 1.29 is 14.3 Å². The molecule has 0 spiro atoms. The highest BCUT2D eigenvalue weighted by Crippen LogP contribution is 2.32. The Morgan fingerprint density at radius 3 is 2.57 bits per heavy atom. The number of nitrogens with zero attached hydrogens (tertiary/aromatic N) is 1. The second-order valence-corrected chi connectivity index (χ2v) is 6.19. The maximum Gasteiger partial charge on any atom is 0.246 e. The summed E-state index contributed by atoms with van der Waals surface area (Å²) in [5.74, 6) is 1.91. The molecule has 0 radical (unpaired) electrons. The normalized spacial score (nSPS) is 20.7. The van der Waals surface area contributed by atoms with E-state index in [4.69, 9.17) is 9.47 Å². The molecular formula is C19H27NO3. The second kappa shape index (κ2) is 8.04. The summed E-state index contributed by atoms with van der Waals surface area (Å²) in [6.07, 6.45) is 6.10. The van der Waals surface area contributed by atoms with Gasteiger partial charge in [-0.05, 0) is 42.5 Å². The fourth-order valence-electron chi connectivity index (χ4n) is 3.41. The molecule has 0 aliphatic heterocycles. The topological polar surface area (TPSA) is 38.8 Å². The zero-order valence-corrected chi connectivity index (χ0v) is 14.4. The number of amides is 1. The van der Waals surface area contributed by atoms with E-state index in [1.807, 2.05) is 23.1 Å². The van der Waals surface area contributed by atoms with Crippen molar-refractivity contribution in [3.8, 4) is 11.5 Å². The van der Waals surface area contributed by atoms with E-state index < -0.39 is 0 Å². The van der Waals surface area contributed by atoms with Gasteiger partial charge in [-0.15, -0.1) is 0 Å². The molecule has 0 saturated heterocycles. The monoisotopic (exact) mass is 317 g/mol. The van der Waals surface area contributed by atoms with E-state index >= 15 is 0 Å². The maximum absolute atomic E-state index is 12.4. The van der Waals surface area contributed by atoms with Crippen molar-refractivity contribution in [2.45, 2.75) is 45.2 Å². The minimum absolute atomic E-state index is 0.00136. The van der Waals surface area contributed by atoms with Crippen molar-refractivity contribution in [2.24, 2.45) is 5.92 Å². The zero-order chi connectivity index (χ0) is 16.8. The van der Waals surface area contributed by atoms with Crippen LogP contribution >= 0.6 is 0 Å². The third-order valence-corrected chi connectivity index (χ3v) is 4.73. The largest absolute Gasteiger partial charge is 0.493 e. The van der Waals surface area contributed by atoms with E-state index in [1.165, 1.54) is 25.3 Å². The molecule has 1 aromatic carbocycles. The third-order valence-electron chi connectivity index (χ3n) is 4.73. The van der Waals surface area contributed by atoms with Crippen LogP contribution in [0.15, 0.2) is 30.9 Å². The standard InChI is InChI=1S/C19H27NO3/c1-5-19(21)20(16-9-7-6-8-14(16)2)13-15-10-11-17(22-3)18(12-15)23-4/h5,10-12,14,16H,1,6-9,13H2,2-4H3/t14-,16+/m0/s1. The molecule has 0 unspecified atom stereocenters. The summed E-state index contributed by atoms with van der Waals surface area (Å²) in [7, 11) is 3.24. The van der Waals surface area contributed by atoms with Gasteiger partial charge >= 0.3 is 0 Å². The Labute approximate surface area is 139 Å². The van der Waals surface area contributed by atoms with Crippen molar-refractivity contribution in [3.05, 3.63) is 36.4 Å². The molecule has 23 heavy (non-hydrogen) atoms. The first-order chi connectivity index (χ1) is 11.1. The van der Waals surface area contributed by atoms with E-state index in [2.05, 4.69) is 13.5 Å². The lowest BCUT2D eigenvalue weighted by Gasteiger charge is -2.38. The van der Waals surface area contributed by atoms with Gasteiger partial charge in [-0.1, -0.05) is 32.4 Å². The lowest BCUT2D eigenvalue weighted by Crippen LogP contribution is -2.44. The van der Waals surface area contributed by atoms with Gasteiger partial charge in [0.25, 0.3) is 0 Å². The highest BCUT2D eigenvalue weighted by molar-refractivity contribution is 5.87. The van der Waals surface area contributed by atoms with Crippen LogP contribution < -0.4 is 9.47 Å². The van der Waals surface area contributed by atoms with Crippen molar-refractivity contribution in [1.82, 2.24) is 4.90 Å². The predicted molar refractivity (Wildman–Crippen MR) is 91.7 cm³/mol. The highest BCUT2D eigenvalue weighted by atomic mass is 16.5. The molecular weight excluding hydrogens is 290 g/mol. The Bertz CT molecular complexity index is 556. The molecule has 4 nitrogen and oxygen atoms in total. The summed E-state index contributed by atoms with van der Waals surface area (Å²) >= 11 is 0. The summed E-state index contributed by atoms with van der Waals surface area (Å²) in [5, 5.41) is 0. The van der Waals surface area contributed by atoms with Crippen LogP contribution in [0.1, 0.15) is 38.2 Å². The van der Waals surface area contributed by atoms with Gasteiger partial charge in [0.15, 0.2) is 11.5 Å². The van der Waals surface area contributed by atoms with E-state index in [1.54, 1.807) is 14.2 Å². The van der Waals surface area contributed by atoms with E-state index in [-0.39, 0.29) is 11.9 Å². The first-order valence-electron chi connectivity index (χ1n) is 8.24. The molecule has 2 rings (SSSR count). The number of ether oxygens (including phenoxy) is 2. The number of carbonyl (C=O) groups is 1. The Balaban J connectivity index is 2.23. The average Bonchev–Trinajstić information content (AvgIpc) is 2.59. The Hall–Kier alpha value is -1.97. The van der Waals surface area contributed by atoms with Gasteiger partial charge in [0, 0.05) is 12.6 Å². The van der Waals surface area contributed by atoms with Crippen molar-refractivity contribution in [3.63, 3.8) is 0 Å². The maximum atomic E-state index is 12.4. The molecule has 4 heteroatoms. The van der Waals surface area contributed by atoms with Crippen LogP contribution in [-0.4, -0.2) is 31.1 Å². The van der Waals surface area contributed by atoms with Gasteiger partial charge in [-0.25, -0.2) is 0 Å². The molecule has 0 heterocycles. The Morgan fingerprint density at radius 2 is 1.96 bits per heavy atom. The van der Waals surface area contributed by atoms with Gasteiger partial charge < -0.3 is 14.4 Å². The molecule has 1 aromatic rings. The van der Waals surface area contributed by atoms with Gasteiger partial charge in [0.05, 0.1) is 14.2 Å².